The van der Waals surface area contributed by atoms with Gasteiger partial charge in [-0.15, -0.1) is 0 Å². The van der Waals surface area contributed by atoms with Gasteiger partial charge in [0.2, 0.25) is 0 Å². The minimum Gasteiger partial charge on any atom is -0.358 e. The minimum atomic E-state index is -0.165. The summed E-state index contributed by atoms with van der Waals surface area (Å²) in [5.41, 5.74) is 20.5. The minimum absolute atomic E-state index is 0.0179. The second-order valence-electron chi connectivity index (χ2n) is 20.2. The van der Waals surface area contributed by atoms with Crippen molar-refractivity contribution in [2.24, 2.45) is 0 Å². The molecule has 13 rings (SSSR count). The summed E-state index contributed by atoms with van der Waals surface area (Å²) >= 11 is 0. The number of hydrogen-bond acceptors (Lipinski definition) is 5. The first kappa shape index (κ1) is 39.4. The Morgan fingerprint density at radius 3 is 2.23 bits per heavy atom. The summed E-state index contributed by atoms with van der Waals surface area (Å²) in [5.74, 6) is 0.407. The van der Waals surface area contributed by atoms with Crippen LogP contribution in [0.15, 0.2) is 169 Å². The SMILES string of the molecule is CC1(C)c2cc(C3NC(C4=CCCC=C4)NC(c4ccccc4)N3)ccc2-c2ccc(N3c4ccc(C5C=C6c7ccccc7N(C7C=CCCC7)C6CC5)cc4C4=CC=CCC43)cc21. The lowest BCUT2D eigenvalue weighted by Gasteiger charge is -2.40. The normalized spacial score (nSPS) is 27.8. The summed E-state index contributed by atoms with van der Waals surface area (Å²) in [4.78, 5) is 5.41. The Morgan fingerprint density at radius 2 is 1.38 bits per heavy atom. The number of nitrogens with one attached hydrogen (secondary N) is 3. The van der Waals surface area contributed by atoms with Crippen molar-refractivity contribution < 1.29 is 0 Å². The van der Waals surface area contributed by atoms with Crippen LogP contribution in [0.2, 0.25) is 0 Å². The van der Waals surface area contributed by atoms with Crippen LogP contribution in [0.1, 0.15) is 122 Å². The molecular weight excluding hydrogens is 791 g/mol. The molecule has 65 heavy (non-hydrogen) atoms. The van der Waals surface area contributed by atoms with Crippen LogP contribution < -0.4 is 25.8 Å². The molecule has 3 heterocycles. The van der Waals surface area contributed by atoms with Crippen LogP contribution in [-0.2, 0) is 5.41 Å². The zero-order valence-corrected chi connectivity index (χ0v) is 37.7. The van der Waals surface area contributed by atoms with Crippen molar-refractivity contribution in [3.05, 3.63) is 208 Å². The molecule has 5 nitrogen and oxygen atoms in total. The van der Waals surface area contributed by atoms with Crippen LogP contribution in [0.5, 0.6) is 0 Å². The zero-order chi connectivity index (χ0) is 43.2. The predicted octanol–water partition coefficient (Wildman–Crippen LogP) is 13.2. The van der Waals surface area contributed by atoms with Gasteiger partial charge in [0.15, 0.2) is 0 Å². The number of para-hydroxylation sites is 1. The Hall–Kier alpha value is -5.98. The highest BCUT2D eigenvalue weighted by Crippen LogP contribution is 2.55. The summed E-state index contributed by atoms with van der Waals surface area (Å²) in [5, 5.41) is 11.7. The molecule has 0 radical (unpaired) electrons. The van der Waals surface area contributed by atoms with Gasteiger partial charge in [-0.1, -0.05) is 147 Å². The van der Waals surface area contributed by atoms with E-state index in [2.05, 4.69) is 203 Å². The van der Waals surface area contributed by atoms with Crippen molar-refractivity contribution in [1.82, 2.24) is 16.0 Å². The first-order chi connectivity index (χ1) is 32.0. The number of nitrogens with zero attached hydrogens (tertiary/aromatic N) is 2. The molecule has 1 fully saturated rings. The van der Waals surface area contributed by atoms with E-state index in [4.69, 9.17) is 0 Å². The van der Waals surface area contributed by atoms with E-state index in [0.717, 1.165) is 19.3 Å². The summed E-state index contributed by atoms with van der Waals surface area (Å²) in [6.07, 6.45) is 30.9. The molecule has 0 saturated carbocycles. The van der Waals surface area contributed by atoms with Crippen molar-refractivity contribution in [3.8, 4) is 11.1 Å². The second kappa shape index (κ2) is 15.6. The van der Waals surface area contributed by atoms with Crippen LogP contribution in [0.3, 0.4) is 0 Å². The third-order valence-corrected chi connectivity index (χ3v) is 16.2. The number of allylic oxidation sites excluding steroid dienone is 6. The molecule has 5 heteroatoms. The second-order valence-corrected chi connectivity index (χ2v) is 20.2. The molecule has 5 aliphatic carbocycles. The maximum atomic E-state index is 3.95. The summed E-state index contributed by atoms with van der Waals surface area (Å²) in [6.45, 7) is 4.86. The van der Waals surface area contributed by atoms with E-state index in [0.29, 0.717) is 18.0 Å². The van der Waals surface area contributed by atoms with Gasteiger partial charge in [0.1, 0.15) is 0 Å². The molecule has 5 aromatic carbocycles. The molecule has 8 aliphatic rings. The van der Waals surface area contributed by atoms with Crippen LogP contribution in [0.25, 0.3) is 22.3 Å². The lowest BCUT2D eigenvalue weighted by atomic mass is 9.81. The topological polar surface area (TPSA) is 42.6 Å². The van der Waals surface area contributed by atoms with Crippen molar-refractivity contribution in [2.45, 2.75) is 113 Å². The maximum Gasteiger partial charge on any atom is 0.0864 e. The molecule has 0 aromatic heterocycles. The van der Waals surface area contributed by atoms with Crippen LogP contribution >= 0.6 is 0 Å². The number of rotatable bonds is 6. The highest BCUT2D eigenvalue weighted by atomic mass is 15.4. The smallest absolute Gasteiger partial charge is 0.0864 e. The van der Waals surface area contributed by atoms with Gasteiger partial charge >= 0.3 is 0 Å². The lowest BCUT2D eigenvalue weighted by Crippen LogP contribution is -2.59. The summed E-state index contributed by atoms with van der Waals surface area (Å²) < 4.78 is 0. The monoisotopic (exact) mass is 849 g/mol. The van der Waals surface area contributed by atoms with Gasteiger partial charge in [-0.05, 0) is 137 Å². The molecule has 3 aliphatic heterocycles. The number of anilines is 3. The van der Waals surface area contributed by atoms with Crippen LogP contribution in [0.4, 0.5) is 17.1 Å². The molecule has 0 spiro atoms. The van der Waals surface area contributed by atoms with Crippen LogP contribution in [0, 0.1) is 0 Å². The Kier molecular flexibility index (Phi) is 9.44. The highest BCUT2D eigenvalue weighted by Gasteiger charge is 2.43. The molecule has 7 atom stereocenters. The van der Waals surface area contributed by atoms with Gasteiger partial charge in [0, 0.05) is 45.6 Å². The third-order valence-electron chi connectivity index (χ3n) is 16.2. The molecule has 0 amide bonds. The Bertz CT molecular complexity index is 2910. The van der Waals surface area contributed by atoms with Gasteiger partial charge in [-0.25, -0.2) is 0 Å². The van der Waals surface area contributed by atoms with E-state index in [1.165, 1.54) is 110 Å². The number of fused-ring (bicyclic) bond motifs is 9. The molecule has 1 saturated heterocycles. The summed E-state index contributed by atoms with van der Waals surface area (Å²) in [6, 6.07) is 43.2. The van der Waals surface area contributed by atoms with E-state index in [1.807, 2.05) is 0 Å². The Morgan fingerprint density at radius 1 is 0.585 bits per heavy atom. The van der Waals surface area contributed by atoms with Gasteiger partial charge < -0.3 is 9.80 Å². The van der Waals surface area contributed by atoms with E-state index in [-0.39, 0.29) is 30.0 Å². The average molecular weight is 850 g/mol. The van der Waals surface area contributed by atoms with Gasteiger partial charge in [0.05, 0.1) is 30.6 Å². The molecule has 3 N–H and O–H groups in total. The zero-order valence-electron chi connectivity index (χ0n) is 37.7. The van der Waals surface area contributed by atoms with Crippen LogP contribution in [-0.4, -0.2) is 24.3 Å². The van der Waals surface area contributed by atoms with E-state index < -0.39 is 0 Å². The van der Waals surface area contributed by atoms with Crippen molar-refractivity contribution in [3.63, 3.8) is 0 Å². The van der Waals surface area contributed by atoms with Gasteiger partial charge in [-0.3, -0.25) is 16.0 Å². The Labute approximate surface area is 385 Å². The van der Waals surface area contributed by atoms with Gasteiger partial charge in [0.25, 0.3) is 0 Å². The number of hydrogen-bond donors (Lipinski definition) is 3. The van der Waals surface area contributed by atoms with Crippen molar-refractivity contribution in [1.29, 1.82) is 0 Å². The fraction of sp³-hybridized carbons (Fsp3) is 0.300. The van der Waals surface area contributed by atoms with E-state index >= 15 is 0 Å². The average Bonchev–Trinajstić information content (AvgIpc) is 3.96. The Balaban J connectivity index is 0.811. The largest absolute Gasteiger partial charge is 0.358 e. The lowest BCUT2D eigenvalue weighted by molar-refractivity contribution is 0.223. The summed E-state index contributed by atoms with van der Waals surface area (Å²) in [7, 11) is 0. The fourth-order valence-electron chi connectivity index (χ4n) is 12.9. The quantitative estimate of drug-likeness (QED) is 0.149. The molecule has 7 unspecified atom stereocenters. The van der Waals surface area contributed by atoms with E-state index in [1.54, 1.807) is 5.57 Å². The first-order valence-electron chi connectivity index (χ1n) is 24.5. The highest BCUT2D eigenvalue weighted by molar-refractivity contribution is 5.95. The molecule has 324 valence electrons. The number of benzene rings is 5. The predicted molar refractivity (Wildman–Crippen MR) is 269 cm³/mol. The molecular formula is C60H59N5. The molecule has 5 aromatic rings. The molecule has 0 bridgehead atoms. The third kappa shape index (κ3) is 6.45. The van der Waals surface area contributed by atoms with Crippen molar-refractivity contribution in [2.75, 3.05) is 9.80 Å². The van der Waals surface area contributed by atoms with Gasteiger partial charge in [-0.2, -0.15) is 0 Å². The maximum absolute atomic E-state index is 3.95. The standard InChI is InChI=1S/C60H59N5/c1-60(2)51-36-42(59-62-57(38-16-6-3-7-17-38)61-58(63-59)39-18-8-4-9-19-39)26-30-45(51)46-31-29-44(37-52(46)60)65-54-25-15-13-23-48(54)50-35-41(28-33-56(50)65)40-27-32-55-49(34-40)47-22-12-14-24-53(47)64(55)43-20-10-5-11-21-43/h3,6-8,10,12-20,22-24,26,28-31,33-37,40,43,54-55,57-59,61-63H,4-5,9,11,21,25,27,32H2,1-2H3. The van der Waals surface area contributed by atoms with E-state index in [9.17, 15) is 0 Å². The van der Waals surface area contributed by atoms with Crippen molar-refractivity contribution >= 4 is 28.2 Å². The fourth-order valence-corrected chi connectivity index (χ4v) is 12.9. The first-order valence-corrected chi connectivity index (χ1v) is 24.5.